The zero-order valence-electron chi connectivity index (χ0n) is 26.7. The Bertz CT molecular complexity index is 363. The summed E-state index contributed by atoms with van der Waals surface area (Å²) in [5, 5.41) is 6.88. The molecule has 1 unspecified atom stereocenters. The Balaban J connectivity index is -0.000000468. The van der Waals surface area contributed by atoms with Gasteiger partial charge >= 0.3 is 0 Å². The van der Waals surface area contributed by atoms with E-state index in [1.165, 1.54) is 123 Å². The second kappa shape index (κ2) is 36.1. The first-order valence-electron chi connectivity index (χ1n) is 15.9. The van der Waals surface area contributed by atoms with E-state index in [4.69, 9.17) is 22.1 Å². The van der Waals surface area contributed by atoms with Crippen molar-refractivity contribution in [3.8, 4) is 0 Å². The van der Waals surface area contributed by atoms with Crippen molar-refractivity contribution in [3.63, 3.8) is 0 Å². The topological polar surface area (TPSA) is 62.6 Å². The summed E-state index contributed by atoms with van der Waals surface area (Å²) in [6, 6.07) is 0. The second-order valence-electron chi connectivity index (χ2n) is 11.3. The summed E-state index contributed by atoms with van der Waals surface area (Å²) >= 11 is 5.27. The molecule has 0 aromatic heterocycles. The fourth-order valence-corrected chi connectivity index (χ4v) is 3.51. The molecule has 0 aromatic rings. The van der Waals surface area contributed by atoms with Gasteiger partial charge in [0.05, 0.1) is 46.3 Å². The van der Waals surface area contributed by atoms with Gasteiger partial charge in [-0.25, -0.2) is 0 Å². The van der Waals surface area contributed by atoms with Crippen LogP contribution in [0.15, 0.2) is 0 Å². The number of hydrogen-bond acceptors (Lipinski definition) is 4. The largest absolute Gasteiger partial charge is 0.372 e. The maximum atomic E-state index is 5.27. The van der Waals surface area contributed by atoms with Gasteiger partial charge in [0.15, 0.2) is 0 Å². The standard InChI is InChI=1S/C13H29N.C12H29N2.C3H5ClO.C3H9N/c1-3-5-6-7-8-9-10-11-13-14-12-4-2;1-5-10-13-11-8-6-7-9-12-14(2,3)4;4-1-3-2-5-3;1-2-3-4/h14H,3-13H2,1-2H3;13H,5-12H2,1-4H3;3H,1-2H2;2-4H2,1H3/q;+1;;. The fourth-order valence-electron chi connectivity index (χ4n) is 3.33. The number of unbranched alkanes of at least 4 members (excludes halogenated alkanes) is 10. The van der Waals surface area contributed by atoms with Gasteiger partial charge in [-0.3, -0.25) is 0 Å². The van der Waals surface area contributed by atoms with E-state index < -0.39 is 0 Å². The predicted molar refractivity (Wildman–Crippen MR) is 170 cm³/mol. The molecule has 0 aliphatic carbocycles. The zero-order chi connectivity index (χ0) is 28.5. The molecule has 1 atom stereocenters. The Morgan fingerprint density at radius 1 is 0.649 bits per heavy atom. The third kappa shape index (κ3) is 53.2. The predicted octanol–water partition coefficient (Wildman–Crippen LogP) is 7.36. The van der Waals surface area contributed by atoms with Crippen molar-refractivity contribution in [2.24, 2.45) is 5.73 Å². The highest BCUT2D eigenvalue weighted by Gasteiger charge is 2.19. The molecule has 1 fully saturated rings. The second-order valence-corrected chi connectivity index (χ2v) is 11.6. The van der Waals surface area contributed by atoms with Crippen molar-refractivity contribution < 1.29 is 9.22 Å². The molecule has 1 aliphatic rings. The molecule has 0 aromatic carbocycles. The van der Waals surface area contributed by atoms with E-state index in [2.05, 4.69) is 59.5 Å². The highest BCUT2D eigenvalue weighted by molar-refractivity contribution is 6.18. The number of nitrogens with two attached hydrogens (primary N) is 1. The number of nitrogens with zero attached hydrogens (tertiary/aromatic N) is 1. The van der Waals surface area contributed by atoms with Gasteiger partial charge in [0.2, 0.25) is 0 Å². The van der Waals surface area contributed by atoms with Crippen molar-refractivity contribution in [2.45, 2.75) is 130 Å². The zero-order valence-corrected chi connectivity index (χ0v) is 27.4. The molecule has 4 N–H and O–H groups in total. The summed E-state index contributed by atoms with van der Waals surface area (Å²) in [7, 11) is 6.80. The minimum atomic E-state index is 0.400. The van der Waals surface area contributed by atoms with Gasteiger partial charge in [-0.15, -0.1) is 11.6 Å². The third-order valence-corrected chi connectivity index (χ3v) is 6.20. The molecule has 0 saturated carbocycles. The fraction of sp³-hybridized carbons (Fsp3) is 1.00. The molecule has 6 heteroatoms. The van der Waals surface area contributed by atoms with E-state index in [-0.39, 0.29) is 0 Å². The third-order valence-electron chi connectivity index (χ3n) is 5.86. The van der Waals surface area contributed by atoms with Crippen LogP contribution in [-0.4, -0.2) is 83.5 Å². The molecule has 37 heavy (non-hydrogen) atoms. The molecule has 1 saturated heterocycles. The Labute approximate surface area is 240 Å². The molecule has 1 aliphatic heterocycles. The van der Waals surface area contributed by atoms with E-state index in [0.717, 1.165) is 24.1 Å². The summed E-state index contributed by atoms with van der Waals surface area (Å²) in [5.41, 5.74) is 5.03. The van der Waals surface area contributed by atoms with Crippen LogP contribution in [0.4, 0.5) is 0 Å². The van der Waals surface area contributed by atoms with E-state index in [9.17, 15) is 0 Å². The highest BCUT2D eigenvalue weighted by atomic mass is 35.5. The summed E-state index contributed by atoms with van der Waals surface area (Å²) in [4.78, 5) is 0. The van der Waals surface area contributed by atoms with Crippen molar-refractivity contribution in [1.82, 2.24) is 10.6 Å². The summed E-state index contributed by atoms with van der Waals surface area (Å²) < 4.78 is 5.83. The normalized spacial score (nSPS) is 14.0. The number of hydrogen-bond donors (Lipinski definition) is 3. The van der Waals surface area contributed by atoms with Crippen molar-refractivity contribution in [1.29, 1.82) is 0 Å². The summed E-state index contributed by atoms with van der Waals surface area (Å²) in [6.07, 6.45) is 20.9. The number of rotatable bonds is 22. The van der Waals surface area contributed by atoms with Crippen LogP contribution in [0.3, 0.4) is 0 Å². The molecule has 0 spiro atoms. The first-order chi connectivity index (χ1) is 17.8. The van der Waals surface area contributed by atoms with E-state index in [0.29, 0.717) is 12.0 Å². The maximum absolute atomic E-state index is 5.27. The van der Waals surface area contributed by atoms with E-state index in [1.54, 1.807) is 0 Å². The maximum Gasteiger partial charge on any atom is 0.0944 e. The van der Waals surface area contributed by atoms with Gasteiger partial charge < -0.3 is 25.6 Å². The SMILES string of the molecule is CCCCCCCCCCNCCC.CCCN.CCCNCCCCCC[N+](C)(C)C.ClCC1CO1. The molecule has 5 nitrogen and oxygen atoms in total. The van der Waals surface area contributed by atoms with Gasteiger partial charge in [0.25, 0.3) is 0 Å². The highest BCUT2D eigenvalue weighted by Crippen LogP contribution is 2.09. The van der Waals surface area contributed by atoms with Crippen molar-refractivity contribution in [3.05, 3.63) is 0 Å². The molecule has 1 rings (SSSR count). The van der Waals surface area contributed by atoms with Crippen LogP contribution in [-0.2, 0) is 4.74 Å². The summed E-state index contributed by atoms with van der Waals surface area (Å²) in [6.45, 7) is 16.6. The Morgan fingerprint density at radius 3 is 1.35 bits per heavy atom. The quantitative estimate of drug-likeness (QED) is 0.0569. The molecule has 0 radical (unpaired) electrons. The number of nitrogens with one attached hydrogen (secondary N) is 2. The molecule has 0 amide bonds. The molecule has 228 valence electrons. The Morgan fingerprint density at radius 2 is 1.05 bits per heavy atom. The van der Waals surface area contributed by atoms with Crippen LogP contribution in [0, 0.1) is 0 Å². The van der Waals surface area contributed by atoms with Crippen LogP contribution in [0.25, 0.3) is 0 Å². The number of quaternary nitrogens is 1. The summed E-state index contributed by atoms with van der Waals surface area (Å²) in [5.74, 6) is 0.667. The minimum absolute atomic E-state index is 0.400. The van der Waals surface area contributed by atoms with Crippen LogP contribution in [0.1, 0.15) is 124 Å². The van der Waals surface area contributed by atoms with Crippen molar-refractivity contribution in [2.75, 3.05) is 72.9 Å². The Hall–Kier alpha value is 0.0900. The molecule has 1 heterocycles. The minimum Gasteiger partial charge on any atom is -0.372 e. The average Bonchev–Trinajstić information content (AvgIpc) is 3.72. The lowest BCUT2D eigenvalue weighted by Crippen LogP contribution is -2.35. The lowest BCUT2D eigenvalue weighted by molar-refractivity contribution is -0.870. The Kier molecular flexibility index (Phi) is 40.5. The van der Waals surface area contributed by atoms with Crippen LogP contribution in [0.5, 0.6) is 0 Å². The number of halogens is 1. The first-order valence-corrected chi connectivity index (χ1v) is 16.5. The monoisotopic (exact) mass is 552 g/mol. The number of alkyl halides is 1. The van der Waals surface area contributed by atoms with E-state index >= 15 is 0 Å². The lowest BCUT2D eigenvalue weighted by atomic mass is 10.1. The van der Waals surface area contributed by atoms with Gasteiger partial charge in [0, 0.05) is 0 Å². The molecular formula is C31H72ClN4O+. The van der Waals surface area contributed by atoms with Crippen LogP contribution < -0.4 is 16.4 Å². The van der Waals surface area contributed by atoms with Gasteiger partial charge in [0.1, 0.15) is 0 Å². The average molecular weight is 552 g/mol. The molecule has 0 bridgehead atoms. The van der Waals surface area contributed by atoms with Gasteiger partial charge in [-0.2, -0.15) is 0 Å². The number of epoxide rings is 1. The van der Waals surface area contributed by atoms with Crippen LogP contribution in [0.2, 0.25) is 0 Å². The van der Waals surface area contributed by atoms with Crippen LogP contribution >= 0.6 is 11.6 Å². The van der Waals surface area contributed by atoms with Crippen molar-refractivity contribution >= 4 is 11.6 Å². The smallest absolute Gasteiger partial charge is 0.0944 e. The first kappa shape index (κ1) is 41.6. The number of ether oxygens (including phenoxy) is 1. The molecular weight excluding hydrogens is 480 g/mol. The van der Waals surface area contributed by atoms with E-state index in [1.807, 2.05) is 0 Å². The van der Waals surface area contributed by atoms with Gasteiger partial charge in [-0.05, 0) is 77.7 Å². The van der Waals surface area contributed by atoms with Gasteiger partial charge in [-0.1, -0.05) is 79.1 Å². The lowest BCUT2D eigenvalue weighted by Gasteiger charge is -2.23.